The van der Waals surface area contributed by atoms with Crippen LogP contribution in [-0.4, -0.2) is 56.0 Å². The molecule has 2 aromatic carbocycles. The standard InChI is InChI=1S/C22H27FN4O2/c1-16-4-3-5-20(17(16)2)27-12-10-26(11-13-27)15-22(29)24-14-21(28)25-19-8-6-18(23)7-9-19/h3-9H,10-15H2,1-2H3,(H,24,29)(H,25,28). The summed E-state index contributed by atoms with van der Waals surface area (Å²) >= 11 is 0. The molecule has 1 saturated heterocycles. The van der Waals surface area contributed by atoms with E-state index in [9.17, 15) is 14.0 Å². The van der Waals surface area contributed by atoms with Crippen molar-refractivity contribution in [2.24, 2.45) is 0 Å². The average molecular weight is 398 g/mol. The van der Waals surface area contributed by atoms with E-state index in [1.54, 1.807) is 0 Å². The Bertz CT molecular complexity index is 862. The summed E-state index contributed by atoms with van der Waals surface area (Å²) in [7, 11) is 0. The van der Waals surface area contributed by atoms with Gasteiger partial charge in [0.15, 0.2) is 0 Å². The Morgan fingerprint density at radius 3 is 2.34 bits per heavy atom. The summed E-state index contributed by atoms with van der Waals surface area (Å²) in [4.78, 5) is 28.5. The van der Waals surface area contributed by atoms with Gasteiger partial charge in [-0.15, -0.1) is 0 Å². The van der Waals surface area contributed by atoms with Crippen LogP contribution in [0.5, 0.6) is 0 Å². The largest absolute Gasteiger partial charge is 0.369 e. The second-order valence-electron chi connectivity index (χ2n) is 7.31. The molecular formula is C22H27FN4O2. The number of hydrogen-bond acceptors (Lipinski definition) is 4. The minimum Gasteiger partial charge on any atom is -0.369 e. The van der Waals surface area contributed by atoms with Gasteiger partial charge in [-0.2, -0.15) is 0 Å². The summed E-state index contributed by atoms with van der Waals surface area (Å²) in [5, 5.41) is 5.26. The molecule has 0 aromatic heterocycles. The number of piperazine rings is 1. The number of amides is 2. The van der Waals surface area contributed by atoms with Gasteiger partial charge in [0, 0.05) is 37.6 Å². The third kappa shape index (κ3) is 5.77. The maximum Gasteiger partial charge on any atom is 0.243 e. The molecule has 1 aliphatic heterocycles. The molecule has 2 amide bonds. The molecule has 2 N–H and O–H groups in total. The van der Waals surface area contributed by atoms with Crippen LogP contribution in [0.15, 0.2) is 42.5 Å². The van der Waals surface area contributed by atoms with Crippen LogP contribution in [0.1, 0.15) is 11.1 Å². The molecule has 0 bridgehead atoms. The number of carbonyl (C=O) groups is 2. The van der Waals surface area contributed by atoms with Gasteiger partial charge in [0.25, 0.3) is 0 Å². The summed E-state index contributed by atoms with van der Waals surface area (Å²) in [6.45, 7) is 7.73. The molecule has 0 saturated carbocycles. The predicted octanol–water partition coefficient (Wildman–Crippen LogP) is 2.32. The number of aryl methyl sites for hydroxylation is 1. The summed E-state index contributed by atoms with van der Waals surface area (Å²) in [5.41, 5.74) is 4.33. The molecule has 1 fully saturated rings. The van der Waals surface area contributed by atoms with E-state index < -0.39 is 0 Å². The monoisotopic (exact) mass is 398 g/mol. The lowest BCUT2D eigenvalue weighted by Gasteiger charge is -2.36. The lowest BCUT2D eigenvalue weighted by Crippen LogP contribution is -2.50. The van der Waals surface area contributed by atoms with E-state index in [1.807, 2.05) is 0 Å². The van der Waals surface area contributed by atoms with Crippen LogP contribution in [0.25, 0.3) is 0 Å². The van der Waals surface area contributed by atoms with Gasteiger partial charge in [-0.25, -0.2) is 4.39 Å². The predicted molar refractivity (Wildman–Crippen MR) is 113 cm³/mol. The number of halogens is 1. The molecule has 7 heteroatoms. The Kier molecular flexibility index (Phi) is 6.82. The molecule has 0 aliphatic carbocycles. The van der Waals surface area contributed by atoms with E-state index in [4.69, 9.17) is 0 Å². The summed E-state index contributed by atoms with van der Waals surface area (Å²) in [6, 6.07) is 11.8. The van der Waals surface area contributed by atoms with Gasteiger partial charge in [-0.1, -0.05) is 12.1 Å². The van der Waals surface area contributed by atoms with E-state index >= 15 is 0 Å². The van der Waals surface area contributed by atoms with E-state index in [2.05, 4.69) is 52.5 Å². The van der Waals surface area contributed by atoms with Crippen molar-refractivity contribution < 1.29 is 14.0 Å². The maximum atomic E-state index is 12.9. The number of anilines is 2. The van der Waals surface area contributed by atoms with Crippen LogP contribution in [0, 0.1) is 19.7 Å². The molecule has 2 aromatic rings. The smallest absolute Gasteiger partial charge is 0.243 e. The number of rotatable bonds is 6. The van der Waals surface area contributed by atoms with Crippen LogP contribution in [0.3, 0.4) is 0 Å². The molecule has 1 heterocycles. The number of benzene rings is 2. The van der Waals surface area contributed by atoms with Crippen molar-refractivity contribution in [2.75, 3.05) is 49.5 Å². The minimum atomic E-state index is -0.367. The van der Waals surface area contributed by atoms with Crippen molar-refractivity contribution in [3.63, 3.8) is 0 Å². The van der Waals surface area contributed by atoms with Gasteiger partial charge in [0.2, 0.25) is 11.8 Å². The van der Waals surface area contributed by atoms with Crippen molar-refractivity contribution in [1.82, 2.24) is 10.2 Å². The topological polar surface area (TPSA) is 64.7 Å². The first-order valence-corrected chi connectivity index (χ1v) is 9.78. The van der Waals surface area contributed by atoms with E-state index in [-0.39, 0.29) is 30.7 Å². The lowest BCUT2D eigenvalue weighted by atomic mass is 10.1. The zero-order valence-corrected chi connectivity index (χ0v) is 16.9. The maximum absolute atomic E-state index is 12.9. The van der Waals surface area contributed by atoms with Gasteiger partial charge in [0.1, 0.15) is 5.82 Å². The van der Waals surface area contributed by atoms with Gasteiger partial charge in [-0.05, 0) is 55.3 Å². The fourth-order valence-corrected chi connectivity index (χ4v) is 3.40. The Labute approximate surface area is 170 Å². The second-order valence-corrected chi connectivity index (χ2v) is 7.31. The van der Waals surface area contributed by atoms with Crippen LogP contribution >= 0.6 is 0 Å². The first-order chi connectivity index (χ1) is 13.9. The molecule has 0 atom stereocenters. The Hall–Kier alpha value is -2.93. The van der Waals surface area contributed by atoms with Crippen molar-refractivity contribution in [2.45, 2.75) is 13.8 Å². The van der Waals surface area contributed by atoms with Crippen LogP contribution < -0.4 is 15.5 Å². The highest BCUT2D eigenvalue weighted by molar-refractivity contribution is 5.94. The average Bonchev–Trinajstić information content (AvgIpc) is 2.71. The van der Waals surface area contributed by atoms with Crippen LogP contribution in [-0.2, 0) is 9.59 Å². The molecule has 154 valence electrons. The minimum absolute atomic E-state index is 0.112. The Morgan fingerprint density at radius 2 is 1.66 bits per heavy atom. The number of nitrogens with zero attached hydrogens (tertiary/aromatic N) is 2. The molecular weight excluding hydrogens is 371 g/mol. The van der Waals surface area contributed by atoms with Gasteiger partial charge < -0.3 is 15.5 Å². The summed E-state index contributed by atoms with van der Waals surface area (Å²) < 4.78 is 12.9. The van der Waals surface area contributed by atoms with Crippen LogP contribution in [0.4, 0.5) is 15.8 Å². The van der Waals surface area contributed by atoms with Gasteiger partial charge >= 0.3 is 0 Å². The SMILES string of the molecule is Cc1cccc(N2CCN(CC(=O)NCC(=O)Nc3ccc(F)cc3)CC2)c1C. The third-order valence-electron chi connectivity index (χ3n) is 5.23. The first kappa shape index (κ1) is 20.8. The number of carbonyl (C=O) groups excluding carboxylic acids is 2. The van der Waals surface area contributed by atoms with E-state index in [0.717, 1.165) is 26.2 Å². The van der Waals surface area contributed by atoms with Gasteiger partial charge in [-0.3, -0.25) is 14.5 Å². The van der Waals surface area contributed by atoms with Crippen LogP contribution in [0.2, 0.25) is 0 Å². The molecule has 0 radical (unpaired) electrons. The fourth-order valence-electron chi connectivity index (χ4n) is 3.40. The number of nitrogens with one attached hydrogen (secondary N) is 2. The highest BCUT2D eigenvalue weighted by atomic mass is 19.1. The molecule has 0 unspecified atom stereocenters. The highest BCUT2D eigenvalue weighted by Gasteiger charge is 2.20. The van der Waals surface area contributed by atoms with Crippen molar-refractivity contribution in [3.8, 4) is 0 Å². The third-order valence-corrected chi connectivity index (χ3v) is 5.23. The Morgan fingerprint density at radius 1 is 0.966 bits per heavy atom. The zero-order chi connectivity index (χ0) is 20.8. The Balaban J connectivity index is 1.40. The number of hydrogen-bond donors (Lipinski definition) is 2. The first-order valence-electron chi connectivity index (χ1n) is 9.78. The highest BCUT2D eigenvalue weighted by Crippen LogP contribution is 2.23. The van der Waals surface area contributed by atoms with Crippen molar-refractivity contribution in [3.05, 3.63) is 59.4 Å². The van der Waals surface area contributed by atoms with Crippen molar-refractivity contribution >= 4 is 23.2 Å². The lowest BCUT2D eigenvalue weighted by molar-refractivity contribution is -0.125. The molecule has 3 rings (SSSR count). The van der Waals surface area contributed by atoms with E-state index in [1.165, 1.54) is 41.1 Å². The van der Waals surface area contributed by atoms with E-state index in [0.29, 0.717) is 5.69 Å². The molecule has 0 spiro atoms. The quantitative estimate of drug-likeness (QED) is 0.784. The summed E-state index contributed by atoms with van der Waals surface area (Å²) in [5.74, 6) is -0.891. The summed E-state index contributed by atoms with van der Waals surface area (Å²) in [6.07, 6.45) is 0. The second kappa shape index (κ2) is 9.52. The fraction of sp³-hybridized carbons (Fsp3) is 0.364. The normalized spacial score (nSPS) is 14.5. The zero-order valence-electron chi connectivity index (χ0n) is 16.9. The van der Waals surface area contributed by atoms with Gasteiger partial charge in [0.05, 0.1) is 13.1 Å². The van der Waals surface area contributed by atoms with Crippen molar-refractivity contribution in [1.29, 1.82) is 0 Å². The molecule has 29 heavy (non-hydrogen) atoms. The molecule has 6 nitrogen and oxygen atoms in total. The molecule has 1 aliphatic rings.